The fraction of sp³-hybridized carbons (Fsp3) is 0.152. The largest absolute Gasteiger partial charge is 0.497 e. The molecule has 0 atom stereocenters. The lowest BCUT2D eigenvalue weighted by atomic mass is 10.0. The van der Waals surface area contributed by atoms with Crippen LogP contribution in [0.15, 0.2) is 91.0 Å². The lowest BCUT2D eigenvalue weighted by molar-refractivity contribution is -0.143. The highest BCUT2D eigenvalue weighted by Gasteiger charge is 2.38. The topological polar surface area (TPSA) is 73.6 Å². The third kappa shape index (κ3) is 6.49. The third-order valence-corrected chi connectivity index (χ3v) is 7.12. The van der Waals surface area contributed by atoms with E-state index in [1.807, 2.05) is 0 Å². The number of hydrogen-bond acceptors (Lipinski definition) is 4. The number of imidazole rings is 1. The van der Waals surface area contributed by atoms with Crippen LogP contribution in [0, 0.1) is 0 Å². The van der Waals surface area contributed by atoms with Crippen LogP contribution in [-0.2, 0) is 18.9 Å². The summed E-state index contributed by atoms with van der Waals surface area (Å²) in [5.41, 5.74) is -1.78. The van der Waals surface area contributed by atoms with Crippen LogP contribution in [0.3, 0.4) is 0 Å². The van der Waals surface area contributed by atoms with E-state index >= 15 is 0 Å². The van der Waals surface area contributed by atoms with Crippen LogP contribution in [-0.4, -0.2) is 34.8 Å². The first-order valence-electron chi connectivity index (χ1n) is 13.3. The Morgan fingerprint density at radius 1 is 0.733 bits per heavy atom. The quantitative estimate of drug-likeness (QED) is 0.175. The molecular weight excluding hydrogens is 602 g/mol. The number of benzene rings is 4. The number of carboxylic acid groups (broad SMARTS) is 1. The van der Waals surface area contributed by atoms with Crippen LogP contribution in [0.2, 0.25) is 0 Å². The average molecular weight is 627 g/mol. The van der Waals surface area contributed by atoms with E-state index in [4.69, 9.17) is 9.47 Å². The second kappa shape index (κ2) is 12.0. The summed E-state index contributed by atoms with van der Waals surface area (Å²) in [4.78, 5) is 16.7. The van der Waals surface area contributed by atoms with Gasteiger partial charge in [0.25, 0.3) is 0 Å². The molecule has 0 saturated heterocycles. The fourth-order valence-corrected chi connectivity index (χ4v) is 4.94. The molecule has 6 nitrogen and oxygen atoms in total. The monoisotopic (exact) mass is 626 g/mol. The van der Waals surface area contributed by atoms with Gasteiger partial charge in [0.1, 0.15) is 17.3 Å². The number of methoxy groups -OCH3 is 2. The molecule has 5 rings (SSSR count). The van der Waals surface area contributed by atoms with Gasteiger partial charge in [0.15, 0.2) is 0 Å². The van der Waals surface area contributed by atoms with Crippen molar-refractivity contribution < 1.29 is 45.7 Å². The highest BCUT2D eigenvalue weighted by molar-refractivity contribution is 5.89. The number of carbonyl (C=O) groups is 1. The Morgan fingerprint density at radius 2 is 1.24 bits per heavy atom. The van der Waals surface area contributed by atoms with Crippen molar-refractivity contribution in [1.29, 1.82) is 0 Å². The summed E-state index contributed by atoms with van der Waals surface area (Å²) in [6.45, 7) is -0.250. The predicted molar refractivity (Wildman–Crippen MR) is 154 cm³/mol. The zero-order chi connectivity index (χ0) is 32.5. The number of nitrogens with zero attached hydrogens (tertiary/aromatic N) is 2. The minimum absolute atomic E-state index is 0.0469. The molecule has 12 heteroatoms. The summed E-state index contributed by atoms with van der Waals surface area (Å²) >= 11 is 0. The summed E-state index contributed by atoms with van der Waals surface area (Å²) in [6.07, 6.45) is -10.2. The van der Waals surface area contributed by atoms with E-state index in [9.17, 15) is 36.2 Å². The maximum absolute atomic E-state index is 13.9. The lowest BCUT2D eigenvalue weighted by Crippen LogP contribution is -2.13. The van der Waals surface area contributed by atoms with Crippen molar-refractivity contribution in [3.63, 3.8) is 0 Å². The summed E-state index contributed by atoms with van der Waals surface area (Å²) in [5, 5.41) is 9.86. The summed E-state index contributed by atoms with van der Waals surface area (Å²) in [5.74, 6) is -0.483. The molecule has 0 aliphatic heterocycles. The molecule has 0 amide bonds. The number of rotatable bonds is 8. The van der Waals surface area contributed by atoms with E-state index in [-0.39, 0.29) is 35.3 Å². The molecule has 1 aromatic heterocycles. The van der Waals surface area contributed by atoms with Crippen molar-refractivity contribution in [3.05, 3.63) is 113 Å². The molecule has 0 spiro atoms. The molecule has 232 valence electrons. The summed E-state index contributed by atoms with van der Waals surface area (Å²) < 4.78 is 95.4. The van der Waals surface area contributed by atoms with Gasteiger partial charge in [0.2, 0.25) is 0 Å². The Hall–Kier alpha value is -5.26. The maximum Gasteiger partial charge on any atom is 0.416 e. The van der Waals surface area contributed by atoms with E-state index in [1.54, 1.807) is 54.6 Å². The molecule has 0 aliphatic carbocycles. The van der Waals surface area contributed by atoms with Gasteiger partial charge in [-0.15, -0.1) is 0 Å². The number of carboxylic acids is 1. The van der Waals surface area contributed by atoms with Gasteiger partial charge in [-0.25, -0.2) is 9.78 Å². The number of ether oxygens (including phenoxy) is 2. The molecule has 0 aliphatic rings. The van der Waals surface area contributed by atoms with Crippen LogP contribution in [0.5, 0.6) is 11.5 Å². The Morgan fingerprint density at radius 3 is 1.73 bits per heavy atom. The zero-order valence-corrected chi connectivity index (χ0v) is 23.7. The van der Waals surface area contributed by atoms with E-state index < -0.39 is 35.0 Å². The van der Waals surface area contributed by atoms with Gasteiger partial charge in [-0.3, -0.25) is 0 Å². The van der Waals surface area contributed by atoms with Gasteiger partial charge < -0.3 is 19.1 Å². The van der Waals surface area contributed by atoms with E-state index in [1.165, 1.54) is 37.0 Å². The van der Waals surface area contributed by atoms with E-state index in [2.05, 4.69) is 4.98 Å². The summed E-state index contributed by atoms with van der Waals surface area (Å²) in [6, 6.07) is 20.4. The normalized spacial score (nSPS) is 11.8. The van der Waals surface area contributed by atoms with Crippen LogP contribution < -0.4 is 9.47 Å². The highest BCUT2D eigenvalue weighted by atomic mass is 19.4. The van der Waals surface area contributed by atoms with Crippen molar-refractivity contribution in [1.82, 2.24) is 9.55 Å². The standard InChI is InChI=1S/C33H24F6N2O4/c1-44-25-11-7-19(8-12-25)28-29(20-9-13-26(45-2)14-10-20)41(18-21-5-3-4-6-27(21)31(42)43)30(40-28)22-15-23(32(34,35)36)17-24(16-22)33(37,38)39/h3-17H,18H2,1-2H3,(H,42,43). The SMILES string of the molecule is COc1ccc(-c2nc(-c3cc(C(F)(F)F)cc(C(F)(F)F)c3)n(Cc3ccccc3C(=O)O)c2-c2ccc(OC)cc2)cc1. The first kappa shape index (κ1) is 31.2. The minimum atomic E-state index is -5.10. The molecule has 0 radical (unpaired) electrons. The van der Waals surface area contributed by atoms with Crippen LogP contribution in [0.1, 0.15) is 27.0 Å². The van der Waals surface area contributed by atoms with Gasteiger partial charge in [0.05, 0.1) is 48.8 Å². The Labute approximate surface area is 253 Å². The molecule has 5 aromatic rings. The number of hydrogen-bond donors (Lipinski definition) is 1. The van der Waals surface area contributed by atoms with E-state index in [0.29, 0.717) is 40.5 Å². The fourth-order valence-electron chi connectivity index (χ4n) is 4.94. The molecular formula is C33H24F6N2O4. The number of aromatic nitrogens is 2. The minimum Gasteiger partial charge on any atom is -0.497 e. The Kier molecular flexibility index (Phi) is 8.33. The molecule has 1 N–H and O–H groups in total. The van der Waals surface area contributed by atoms with Gasteiger partial charge in [-0.1, -0.05) is 18.2 Å². The number of alkyl halides is 6. The van der Waals surface area contributed by atoms with Gasteiger partial charge in [-0.2, -0.15) is 26.3 Å². The first-order chi connectivity index (χ1) is 21.3. The second-order valence-electron chi connectivity index (χ2n) is 9.93. The molecule has 45 heavy (non-hydrogen) atoms. The molecule has 0 bridgehead atoms. The Balaban J connectivity index is 1.88. The van der Waals surface area contributed by atoms with Crippen LogP contribution >= 0.6 is 0 Å². The van der Waals surface area contributed by atoms with Crippen molar-refractivity contribution in [2.45, 2.75) is 18.9 Å². The molecule has 1 heterocycles. The molecule has 4 aromatic carbocycles. The van der Waals surface area contributed by atoms with Crippen LogP contribution in [0.25, 0.3) is 33.9 Å². The smallest absolute Gasteiger partial charge is 0.416 e. The number of aromatic carboxylic acids is 1. The lowest BCUT2D eigenvalue weighted by Gasteiger charge is -2.17. The predicted octanol–water partition coefficient (Wildman–Crippen LogP) is 8.69. The summed E-state index contributed by atoms with van der Waals surface area (Å²) in [7, 11) is 2.94. The average Bonchev–Trinajstić information content (AvgIpc) is 3.39. The van der Waals surface area contributed by atoms with Crippen molar-refractivity contribution >= 4 is 5.97 Å². The van der Waals surface area contributed by atoms with Crippen molar-refractivity contribution in [2.75, 3.05) is 14.2 Å². The first-order valence-corrected chi connectivity index (χ1v) is 13.3. The van der Waals surface area contributed by atoms with Crippen molar-refractivity contribution in [3.8, 4) is 45.4 Å². The van der Waals surface area contributed by atoms with Gasteiger partial charge in [0, 0.05) is 16.7 Å². The van der Waals surface area contributed by atoms with Crippen molar-refractivity contribution in [2.24, 2.45) is 0 Å². The third-order valence-electron chi connectivity index (χ3n) is 7.12. The van der Waals surface area contributed by atoms with Gasteiger partial charge >= 0.3 is 18.3 Å². The van der Waals surface area contributed by atoms with Crippen LogP contribution in [0.4, 0.5) is 26.3 Å². The highest BCUT2D eigenvalue weighted by Crippen LogP contribution is 2.42. The number of halogens is 6. The zero-order valence-electron chi connectivity index (χ0n) is 23.7. The molecule has 0 saturated carbocycles. The molecule has 0 unspecified atom stereocenters. The maximum atomic E-state index is 13.9. The molecule has 0 fully saturated rings. The Bertz CT molecular complexity index is 1810. The van der Waals surface area contributed by atoms with Gasteiger partial charge in [-0.05, 0) is 78.4 Å². The van der Waals surface area contributed by atoms with E-state index in [0.717, 1.165) is 0 Å². The second-order valence-corrected chi connectivity index (χ2v) is 9.93.